The Balaban J connectivity index is 2.47. The fourth-order valence-electron chi connectivity index (χ4n) is 1.20. The van der Waals surface area contributed by atoms with E-state index in [1.54, 1.807) is 0 Å². The third kappa shape index (κ3) is 2.12. The van der Waals surface area contributed by atoms with Crippen LogP contribution in [-0.4, -0.2) is 23.3 Å². The number of esters is 1. The Bertz CT molecular complexity index is 550. The van der Waals surface area contributed by atoms with Crippen LogP contribution in [0.25, 0.3) is 11.5 Å². The lowest BCUT2D eigenvalue weighted by atomic mass is 10.2. The van der Waals surface area contributed by atoms with Gasteiger partial charge in [0, 0.05) is 0 Å². The Labute approximate surface area is 100 Å². The van der Waals surface area contributed by atoms with E-state index in [0.717, 1.165) is 0 Å². The molecule has 0 saturated heterocycles. The molecule has 0 atom stereocenters. The minimum Gasteiger partial charge on any atom is -0.462 e. The molecule has 1 heterocycles. The number of hydrogen-bond donors (Lipinski definition) is 0. The Kier molecular flexibility index (Phi) is 3.06. The van der Waals surface area contributed by atoms with Gasteiger partial charge in [-0.05, 0) is 12.1 Å². The van der Waals surface area contributed by atoms with Crippen molar-refractivity contribution in [2.75, 3.05) is 7.11 Å². The molecule has 0 aliphatic rings. The third-order valence-corrected chi connectivity index (χ3v) is 2.28. The highest BCUT2D eigenvalue weighted by atomic mass is 35.5. The van der Waals surface area contributed by atoms with Crippen LogP contribution in [0.4, 0.5) is 4.39 Å². The summed E-state index contributed by atoms with van der Waals surface area (Å²) in [6.07, 6.45) is 0. The maximum Gasteiger partial charge on any atom is 0.396 e. The quantitative estimate of drug-likeness (QED) is 0.772. The summed E-state index contributed by atoms with van der Waals surface area (Å²) in [5.41, 5.74) is -0.0446. The predicted molar refractivity (Wildman–Crippen MR) is 56.0 cm³/mol. The number of carbonyl (C=O) groups excluding carboxylic acids is 1. The molecule has 0 amide bonds. The molecule has 0 N–H and O–H groups in total. The van der Waals surface area contributed by atoms with Crippen molar-refractivity contribution in [3.05, 3.63) is 34.9 Å². The molecule has 2 rings (SSSR count). The number of carbonyl (C=O) groups is 1. The van der Waals surface area contributed by atoms with Crippen molar-refractivity contribution < 1.29 is 18.3 Å². The van der Waals surface area contributed by atoms with Crippen LogP contribution in [0.15, 0.2) is 22.6 Å². The van der Waals surface area contributed by atoms with Gasteiger partial charge in [0.05, 0.1) is 17.7 Å². The number of nitrogens with zero attached hydrogens (tertiary/aromatic N) is 2. The van der Waals surface area contributed by atoms with Gasteiger partial charge in [-0.2, -0.15) is 0 Å². The zero-order valence-electron chi connectivity index (χ0n) is 8.61. The molecule has 0 fully saturated rings. The molecule has 2 aromatic rings. The molecule has 0 unspecified atom stereocenters. The maximum absolute atomic E-state index is 13.5. The van der Waals surface area contributed by atoms with Crippen molar-refractivity contribution in [1.82, 2.24) is 10.2 Å². The van der Waals surface area contributed by atoms with E-state index in [4.69, 9.17) is 16.0 Å². The number of ether oxygens (including phenoxy) is 1. The van der Waals surface area contributed by atoms with Crippen LogP contribution in [-0.2, 0) is 4.74 Å². The van der Waals surface area contributed by atoms with E-state index in [9.17, 15) is 9.18 Å². The molecular weight excluding hydrogens is 251 g/mol. The zero-order chi connectivity index (χ0) is 12.4. The van der Waals surface area contributed by atoms with Gasteiger partial charge in [-0.15, -0.1) is 10.2 Å². The third-order valence-electron chi connectivity index (χ3n) is 1.96. The van der Waals surface area contributed by atoms with Gasteiger partial charge in [0.1, 0.15) is 5.82 Å². The Morgan fingerprint density at radius 3 is 2.88 bits per heavy atom. The molecule has 1 aromatic carbocycles. The average Bonchev–Trinajstić information content (AvgIpc) is 2.77. The number of methoxy groups -OCH3 is 1. The van der Waals surface area contributed by atoms with Crippen LogP contribution in [0.5, 0.6) is 0 Å². The summed E-state index contributed by atoms with van der Waals surface area (Å²) in [6.45, 7) is 0. The Morgan fingerprint density at radius 2 is 2.24 bits per heavy atom. The first kappa shape index (κ1) is 11.5. The van der Waals surface area contributed by atoms with Crippen molar-refractivity contribution >= 4 is 17.6 Å². The molecular formula is C10H6ClFN2O3. The van der Waals surface area contributed by atoms with Crippen molar-refractivity contribution in [1.29, 1.82) is 0 Å². The van der Waals surface area contributed by atoms with Gasteiger partial charge in [-0.3, -0.25) is 0 Å². The van der Waals surface area contributed by atoms with Gasteiger partial charge in [0.25, 0.3) is 5.89 Å². The van der Waals surface area contributed by atoms with Crippen molar-refractivity contribution in [3.8, 4) is 11.5 Å². The molecule has 0 radical (unpaired) electrons. The average molecular weight is 257 g/mol. The van der Waals surface area contributed by atoms with E-state index in [2.05, 4.69) is 14.9 Å². The highest BCUT2D eigenvalue weighted by Crippen LogP contribution is 2.29. The molecule has 0 bridgehead atoms. The molecule has 5 nitrogen and oxygen atoms in total. The van der Waals surface area contributed by atoms with Crippen molar-refractivity contribution in [2.24, 2.45) is 0 Å². The zero-order valence-corrected chi connectivity index (χ0v) is 9.36. The summed E-state index contributed by atoms with van der Waals surface area (Å²) in [4.78, 5) is 11.1. The van der Waals surface area contributed by atoms with E-state index in [-0.39, 0.29) is 22.4 Å². The number of aromatic nitrogens is 2. The van der Waals surface area contributed by atoms with E-state index in [0.29, 0.717) is 0 Å². The molecule has 88 valence electrons. The lowest BCUT2D eigenvalue weighted by molar-refractivity contribution is 0.0556. The fourth-order valence-corrected chi connectivity index (χ4v) is 1.44. The lowest BCUT2D eigenvalue weighted by Crippen LogP contribution is -2.00. The highest BCUT2D eigenvalue weighted by Gasteiger charge is 2.20. The first-order chi connectivity index (χ1) is 8.13. The normalized spacial score (nSPS) is 10.3. The largest absolute Gasteiger partial charge is 0.462 e. The number of rotatable bonds is 2. The van der Waals surface area contributed by atoms with Crippen LogP contribution in [0.1, 0.15) is 10.7 Å². The Hall–Kier alpha value is -1.95. The van der Waals surface area contributed by atoms with Gasteiger partial charge >= 0.3 is 11.9 Å². The monoisotopic (exact) mass is 256 g/mol. The van der Waals surface area contributed by atoms with Gasteiger partial charge in [-0.1, -0.05) is 17.7 Å². The van der Waals surface area contributed by atoms with Gasteiger partial charge < -0.3 is 9.15 Å². The molecule has 1 aromatic heterocycles. The Morgan fingerprint density at radius 1 is 1.47 bits per heavy atom. The fraction of sp³-hybridized carbons (Fsp3) is 0.100. The molecule has 0 aliphatic heterocycles. The minimum atomic E-state index is -0.795. The molecule has 0 aliphatic carbocycles. The minimum absolute atomic E-state index is 0.0446. The number of benzene rings is 1. The molecule has 7 heteroatoms. The summed E-state index contributed by atoms with van der Waals surface area (Å²) in [5.74, 6) is -1.94. The summed E-state index contributed by atoms with van der Waals surface area (Å²) < 4.78 is 22.8. The second-order valence-corrected chi connectivity index (χ2v) is 3.41. The van der Waals surface area contributed by atoms with E-state index in [1.165, 1.54) is 25.3 Å². The second-order valence-electron chi connectivity index (χ2n) is 3.00. The van der Waals surface area contributed by atoms with E-state index in [1.807, 2.05) is 0 Å². The topological polar surface area (TPSA) is 65.2 Å². The van der Waals surface area contributed by atoms with Gasteiger partial charge in [0.15, 0.2) is 0 Å². The first-order valence-corrected chi connectivity index (χ1v) is 4.87. The van der Waals surface area contributed by atoms with Crippen LogP contribution < -0.4 is 0 Å². The van der Waals surface area contributed by atoms with Crippen LogP contribution in [0.2, 0.25) is 5.02 Å². The first-order valence-electron chi connectivity index (χ1n) is 4.49. The summed E-state index contributed by atoms with van der Waals surface area (Å²) in [5, 5.41) is 7.08. The smallest absolute Gasteiger partial charge is 0.396 e. The van der Waals surface area contributed by atoms with E-state index >= 15 is 0 Å². The summed E-state index contributed by atoms with van der Waals surface area (Å²) in [6, 6.07) is 4.12. The predicted octanol–water partition coefficient (Wildman–Crippen LogP) is 2.32. The van der Waals surface area contributed by atoms with E-state index < -0.39 is 11.8 Å². The second kappa shape index (κ2) is 4.50. The summed E-state index contributed by atoms with van der Waals surface area (Å²) in [7, 11) is 1.17. The van der Waals surface area contributed by atoms with Crippen LogP contribution in [0.3, 0.4) is 0 Å². The van der Waals surface area contributed by atoms with Crippen molar-refractivity contribution in [3.63, 3.8) is 0 Å². The number of halogens is 2. The number of hydrogen-bond acceptors (Lipinski definition) is 5. The molecule has 0 saturated carbocycles. The van der Waals surface area contributed by atoms with Crippen LogP contribution >= 0.6 is 11.6 Å². The van der Waals surface area contributed by atoms with Crippen molar-refractivity contribution in [2.45, 2.75) is 0 Å². The summed E-state index contributed by atoms with van der Waals surface area (Å²) >= 11 is 5.80. The van der Waals surface area contributed by atoms with Gasteiger partial charge in [0.2, 0.25) is 0 Å². The standard InChI is InChI=1S/C10H6ClFN2O3/c1-16-10(15)9-14-13-8(17-9)7-5(11)3-2-4-6(7)12/h2-4H,1H3. The highest BCUT2D eigenvalue weighted by molar-refractivity contribution is 6.33. The molecule has 0 spiro atoms. The lowest BCUT2D eigenvalue weighted by Gasteiger charge is -1.99. The SMILES string of the molecule is COC(=O)c1nnc(-c2c(F)cccc2Cl)o1. The van der Waals surface area contributed by atoms with Gasteiger partial charge in [-0.25, -0.2) is 9.18 Å². The van der Waals surface area contributed by atoms with Crippen LogP contribution in [0, 0.1) is 5.82 Å². The maximum atomic E-state index is 13.5. The molecule has 17 heavy (non-hydrogen) atoms.